The summed E-state index contributed by atoms with van der Waals surface area (Å²) in [6.07, 6.45) is -0.967. The Morgan fingerprint density at radius 3 is 2.34 bits per heavy atom. The van der Waals surface area contributed by atoms with Crippen molar-refractivity contribution in [1.29, 1.82) is 0 Å². The van der Waals surface area contributed by atoms with Crippen LogP contribution in [0.25, 0.3) is 5.82 Å². The predicted octanol–water partition coefficient (Wildman–Crippen LogP) is 2.76. The number of amides is 2. The third-order valence-corrected chi connectivity index (χ3v) is 7.28. The van der Waals surface area contributed by atoms with Crippen molar-refractivity contribution in [3.63, 3.8) is 0 Å². The molecule has 2 aromatic heterocycles. The van der Waals surface area contributed by atoms with Crippen molar-refractivity contribution >= 4 is 27.6 Å². The summed E-state index contributed by atoms with van der Waals surface area (Å²) in [5, 5.41) is 7.03. The van der Waals surface area contributed by atoms with Gasteiger partial charge in [-0.05, 0) is 50.1 Å². The fourth-order valence-corrected chi connectivity index (χ4v) is 4.55. The molecular weight excluding hydrogens is 567 g/mol. The van der Waals surface area contributed by atoms with E-state index in [4.69, 9.17) is 0 Å². The number of carbonyl (C=O) groups is 2. The van der Waals surface area contributed by atoms with Gasteiger partial charge in [0.05, 0.1) is 16.5 Å². The molecule has 0 aliphatic heterocycles. The number of anilines is 1. The quantitative estimate of drug-likeness (QED) is 0.396. The number of pyridine rings is 1. The van der Waals surface area contributed by atoms with Crippen molar-refractivity contribution in [3.8, 4) is 11.6 Å². The average Bonchev–Trinajstić information content (AvgIpc) is 3.63. The zero-order chi connectivity index (χ0) is 30.3. The number of carbonyl (C=O) groups excluding carboxylic acids is 2. The van der Waals surface area contributed by atoms with Crippen LogP contribution in [-0.4, -0.2) is 84.7 Å². The highest BCUT2D eigenvalue weighted by molar-refractivity contribution is 7.90. The third kappa shape index (κ3) is 7.11. The maximum atomic E-state index is 13.1. The Bertz CT molecular complexity index is 1570. The van der Waals surface area contributed by atoms with Gasteiger partial charge in [-0.25, -0.2) is 13.4 Å². The first-order valence-electron chi connectivity index (χ1n) is 12.3. The molecule has 0 unspecified atom stereocenters. The molecule has 220 valence electrons. The van der Waals surface area contributed by atoms with Crippen molar-refractivity contribution in [1.82, 2.24) is 30.0 Å². The Balaban J connectivity index is 1.63. The molecule has 2 amide bonds. The normalized spacial score (nSPS) is 14.3. The van der Waals surface area contributed by atoms with Gasteiger partial charge in [0.2, 0.25) is 5.95 Å². The van der Waals surface area contributed by atoms with E-state index in [0.717, 1.165) is 31.2 Å². The number of nitrogens with zero attached hydrogens (tertiary/aromatic N) is 6. The standard InChI is InChI=1S/C25H28F3N7O5S/c1-14(30-22(36)16-10-18(40-25(26,27)28)12-19(11-16)41(5,38)39)21-31-24(33(2)3)32-35(21)20-9-6-15(13-29-20)23(37)34(4)17-7-8-17/h6,9-14,17H,7-8H2,1-5H3,(H,30,36)/t14-/m0/s1. The van der Waals surface area contributed by atoms with Gasteiger partial charge in [0.15, 0.2) is 21.5 Å². The van der Waals surface area contributed by atoms with Crippen LogP contribution in [0.1, 0.15) is 52.3 Å². The Kier molecular flexibility index (Phi) is 7.98. The van der Waals surface area contributed by atoms with Crippen LogP contribution in [0.2, 0.25) is 0 Å². The lowest BCUT2D eigenvalue weighted by Gasteiger charge is -2.17. The second kappa shape index (κ2) is 11.0. The molecule has 0 saturated heterocycles. The second-order valence-electron chi connectivity index (χ2n) is 9.84. The van der Waals surface area contributed by atoms with Crippen molar-refractivity contribution in [2.75, 3.05) is 32.3 Å². The summed E-state index contributed by atoms with van der Waals surface area (Å²) in [5.74, 6) is -1.11. The van der Waals surface area contributed by atoms with Gasteiger partial charge in [0, 0.05) is 45.2 Å². The highest BCUT2D eigenvalue weighted by atomic mass is 32.2. The molecule has 1 aromatic carbocycles. The van der Waals surface area contributed by atoms with Gasteiger partial charge < -0.3 is 19.9 Å². The van der Waals surface area contributed by atoms with Gasteiger partial charge >= 0.3 is 6.36 Å². The molecule has 1 aliphatic carbocycles. The van der Waals surface area contributed by atoms with E-state index in [1.54, 1.807) is 50.0 Å². The van der Waals surface area contributed by atoms with E-state index in [2.05, 4.69) is 25.1 Å². The molecule has 4 rings (SSSR count). The van der Waals surface area contributed by atoms with E-state index >= 15 is 0 Å². The molecule has 12 nitrogen and oxygen atoms in total. The molecule has 1 saturated carbocycles. The van der Waals surface area contributed by atoms with Crippen molar-refractivity contribution in [2.45, 2.75) is 43.1 Å². The Labute approximate surface area is 234 Å². The molecule has 0 radical (unpaired) electrons. The van der Waals surface area contributed by atoms with Crippen LogP contribution in [0.15, 0.2) is 41.4 Å². The van der Waals surface area contributed by atoms with Gasteiger partial charge in [-0.1, -0.05) is 0 Å². The molecule has 2 heterocycles. The maximum absolute atomic E-state index is 13.1. The zero-order valence-electron chi connectivity index (χ0n) is 22.8. The summed E-state index contributed by atoms with van der Waals surface area (Å²) >= 11 is 0. The number of nitrogens with one attached hydrogen (secondary N) is 1. The molecule has 0 spiro atoms. The van der Waals surface area contributed by atoms with E-state index < -0.39 is 38.8 Å². The summed E-state index contributed by atoms with van der Waals surface area (Å²) < 4.78 is 67.8. The smallest absolute Gasteiger partial charge is 0.406 e. The molecule has 1 N–H and O–H groups in total. The van der Waals surface area contributed by atoms with Gasteiger partial charge in [0.1, 0.15) is 5.75 Å². The molecule has 0 bridgehead atoms. The summed E-state index contributed by atoms with van der Waals surface area (Å²) in [4.78, 5) is 37.3. The third-order valence-electron chi connectivity index (χ3n) is 6.19. The van der Waals surface area contributed by atoms with Crippen LogP contribution >= 0.6 is 0 Å². The predicted molar refractivity (Wildman–Crippen MR) is 141 cm³/mol. The maximum Gasteiger partial charge on any atom is 0.573 e. The number of benzene rings is 1. The molecule has 1 fully saturated rings. The first-order valence-corrected chi connectivity index (χ1v) is 14.2. The highest BCUT2D eigenvalue weighted by Gasteiger charge is 2.33. The van der Waals surface area contributed by atoms with E-state index in [1.807, 2.05) is 0 Å². The average molecular weight is 596 g/mol. The van der Waals surface area contributed by atoms with Gasteiger partial charge in [-0.15, -0.1) is 18.3 Å². The fraction of sp³-hybridized carbons (Fsp3) is 0.400. The number of sulfone groups is 1. The van der Waals surface area contributed by atoms with Gasteiger partial charge in [-0.2, -0.15) is 9.67 Å². The lowest BCUT2D eigenvalue weighted by Crippen LogP contribution is -2.29. The van der Waals surface area contributed by atoms with Crippen molar-refractivity contribution < 1.29 is 35.9 Å². The SMILES string of the molecule is C[C@H](NC(=O)c1cc(OC(F)(F)F)cc(S(C)(=O)=O)c1)c1nc(N(C)C)nn1-c1ccc(C(=O)N(C)C2CC2)cn1. The minimum absolute atomic E-state index is 0.162. The molecule has 3 aromatic rings. The number of aromatic nitrogens is 4. The van der Waals surface area contributed by atoms with E-state index in [1.165, 1.54) is 10.9 Å². The summed E-state index contributed by atoms with van der Waals surface area (Å²) in [6, 6.07) is 4.96. The topological polar surface area (TPSA) is 140 Å². The molecular formula is C25H28F3N7O5S. The first kappa shape index (κ1) is 29.8. The van der Waals surface area contributed by atoms with Gasteiger partial charge in [-0.3, -0.25) is 9.59 Å². The monoisotopic (exact) mass is 595 g/mol. The Hall–Kier alpha value is -4.21. The Morgan fingerprint density at radius 2 is 1.80 bits per heavy atom. The van der Waals surface area contributed by atoms with E-state index in [-0.39, 0.29) is 29.3 Å². The highest BCUT2D eigenvalue weighted by Crippen LogP contribution is 2.28. The minimum Gasteiger partial charge on any atom is -0.406 e. The summed E-state index contributed by atoms with van der Waals surface area (Å²) in [6.45, 7) is 1.56. The van der Waals surface area contributed by atoms with Crippen LogP contribution in [0, 0.1) is 0 Å². The van der Waals surface area contributed by atoms with Crippen LogP contribution < -0.4 is 15.0 Å². The Morgan fingerprint density at radius 1 is 1.12 bits per heavy atom. The van der Waals surface area contributed by atoms with Crippen LogP contribution in [0.5, 0.6) is 5.75 Å². The van der Waals surface area contributed by atoms with Crippen LogP contribution in [-0.2, 0) is 9.84 Å². The van der Waals surface area contributed by atoms with Gasteiger partial charge in [0.25, 0.3) is 11.8 Å². The number of rotatable bonds is 9. The van der Waals surface area contributed by atoms with E-state index in [0.29, 0.717) is 17.4 Å². The number of halogens is 3. The first-order chi connectivity index (χ1) is 19.0. The zero-order valence-corrected chi connectivity index (χ0v) is 23.6. The van der Waals surface area contributed by atoms with Crippen LogP contribution in [0.4, 0.5) is 19.1 Å². The largest absolute Gasteiger partial charge is 0.573 e. The lowest BCUT2D eigenvalue weighted by molar-refractivity contribution is -0.274. The number of hydrogen-bond donors (Lipinski definition) is 1. The summed E-state index contributed by atoms with van der Waals surface area (Å²) in [5.41, 5.74) is 0.0142. The number of ether oxygens (including phenoxy) is 1. The lowest BCUT2D eigenvalue weighted by atomic mass is 10.2. The van der Waals surface area contributed by atoms with E-state index in [9.17, 15) is 31.2 Å². The number of hydrogen-bond acceptors (Lipinski definition) is 9. The summed E-state index contributed by atoms with van der Waals surface area (Å²) in [7, 11) is 1.17. The molecule has 41 heavy (non-hydrogen) atoms. The molecule has 1 aliphatic rings. The molecule has 16 heteroatoms. The van der Waals surface area contributed by atoms with Crippen molar-refractivity contribution in [3.05, 3.63) is 53.5 Å². The second-order valence-corrected chi connectivity index (χ2v) is 11.9. The minimum atomic E-state index is -5.10. The van der Waals surface area contributed by atoms with Crippen LogP contribution in [0.3, 0.4) is 0 Å². The number of alkyl halides is 3. The van der Waals surface area contributed by atoms with Crippen molar-refractivity contribution in [2.24, 2.45) is 0 Å². The fourth-order valence-electron chi connectivity index (χ4n) is 3.87. The molecule has 1 atom stereocenters.